The van der Waals surface area contributed by atoms with E-state index in [0.717, 1.165) is 11.1 Å². The fourth-order valence-electron chi connectivity index (χ4n) is 5.95. The van der Waals surface area contributed by atoms with Gasteiger partial charge in [0.2, 0.25) is 5.91 Å². The maximum atomic E-state index is 13.5. The lowest BCUT2D eigenvalue weighted by Crippen LogP contribution is -2.57. The summed E-state index contributed by atoms with van der Waals surface area (Å²) in [7, 11) is 1.57. The first-order valence-corrected chi connectivity index (χ1v) is 12.5. The molecule has 2 heterocycles. The van der Waals surface area contributed by atoms with E-state index in [1.165, 1.54) is 4.90 Å². The quantitative estimate of drug-likeness (QED) is 0.572. The number of benzene rings is 2. The molecule has 5 rings (SSSR count). The maximum Gasteiger partial charge on any atom is 0.251 e. The van der Waals surface area contributed by atoms with Crippen LogP contribution in [-0.4, -0.2) is 58.2 Å². The van der Waals surface area contributed by atoms with Crippen LogP contribution in [0.15, 0.2) is 47.5 Å². The summed E-state index contributed by atoms with van der Waals surface area (Å²) in [4.78, 5) is 32.8. The molecular formula is C28H34N4O5. The Morgan fingerprint density at radius 1 is 1.19 bits per heavy atom. The van der Waals surface area contributed by atoms with Crippen molar-refractivity contribution in [2.24, 2.45) is 10.7 Å². The third-order valence-electron chi connectivity index (χ3n) is 7.51. The van der Waals surface area contributed by atoms with Crippen LogP contribution in [0.4, 0.5) is 0 Å². The number of carbonyl (C=O) groups is 2. The van der Waals surface area contributed by atoms with E-state index in [1.807, 2.05) is 45.0 Å². The van der Waals surface area contributed by atoms with Crippen molar-refractivity contribution in [1.82, 2.24) is 10.2 Å². The van der Waals surface area contributed by atoms with Gasteiger partial charge in [0, 0.05) is 24.7 Å². The van der Waals surface area contributed by atoms with E-state index in [0.29, 0.717) is 23.3 Å². The van der Waals surface area contributed by atoms with Gasteiger partial charge in [-0.25, -0.2) is 4.99 Å². The molecule has 2 aromatic rings. The van der Waals surface area contributed by atoms with Crippen LogP contribution in [0.3, 0.4) is 0 Å². The van der Waals surface area contributed by atoms with Crippen LogP contribution in [0, 0.1) is 0 Å². The van der Waals surface area contributed by atoms with Gasteiger partial charge in [-0.2, -0.15) is 0 Å². The Balaban J connectivity index is 1.51. The molecule has 9 heteroatoms. The number of hydrogen-bond donors (Lipinski definition) is 3. The third-order valence-corrected chi connectivity index (χ3v) is 7.51. The molecule has 2 aliphatic heterocycles. The number of rotatable bonds is 5. The number of nitrogens with zero attached hydrogens (tertiary/aromatic N) is 2. The summed E-state index contributed by atoms with van der Waals surface area (Å²) < 4.78 is 11.8. The van der Waals surface area contributed by atoms with Gasteiger partial charge in [0.25, 0.3) is 5.91 Å². The Labute approximate surface area is 216 Å². The second-order valence-corrected chi connectivity index (χ2v) is 11.4. The minimum Gasteiger partial charge on any atom is -0.482 e. The van der Waals surface area contributed by atoms with Gasteiger partial charge in [0.15, 0.2) is 11.6 Å². The van der Waals surface area contributed by atoms with E-state index in [2.05, 4.69) is 10.3 Å². The molecule has 0 spiro atoms. The zero-order valence-corrected chi connectivity index (χ0v) is 21.9. The molecule has 0 fully saturated rings. The number of amides is 2. The molecule has 4 atom stereocenters. The van der Waals surface area contributed by atoms with Gasteiger partial charge in [-0.1, -0.05) is 24.3 Å². The van der Waals surface area contributed by atoms with Crippen LogP contribution in [0.1, 0.15) is 73.2 Å². The first kappa shape index (κ1) is 25.2. The van der Waals surface area contributed by atoms with Crippen LogP contribution in [0.5, 0.6) is 5.75 Å². The monoisotopic (exact) mass is 506 g/mol. The smallest absolute Gasteiger partial charge is 0.251 e. The number of methoxy groups -OCH3 is 1. The minimum absolute atomic E-state index is 0.110. The Bertz CT molecular complexity index is 1300. The fraction of sp³-hybridized carbons (Fsp3) is 0.464. The lowest BCUT2D eigenvalue weighted by atomic mass is 9.88. The molecule has 0 bridgehead atoms. The number of guanidine groups is 1. The Morgan fingerprint density at radius 3 is 2.62 bits per heavy atom. The molecule has 0 saturated carbocycles. The van der Waals surface area contributed by atoms with Gasteiger partial charge in [-0.15, -0.1) is 0 Å². The second-order valence-electron chi connectivity index (χ2n) is 11.4. The number of carbonyl (C=O) groups excluding carboxylic acids is 2. The molecule has 0 saturated heterocycles. The molecule has 196 valence electrons. The van der Waals surface area contributed by atoms with E-state index in [4.69, 9.17) is 15.2 Å². The third kappa shape index (κ3) is 4.26. The van der Waals surface area contributed by atoms with Gasteiger partial charge in [-0.3, -0.25) is 14.5 Å². The van der Waals surface area contributed by atoms with Crippen LogP contribution < -0.4 is 15.8 Å². The number of aliphatic imine (C=N–C) groups is 1. The van der Waals surface area contributed by atoms with Crippen molar-refractivity contribution in [3.8, 4) is 5.75 Å². The van der Waals surface area contributed by atoms with Gasteiger partial charge in [0.05, 0.1) is 30.2 Å². The number of nitrogens with one attached hydrogen (secondary N) is 1. The number of hydrogen-bond acceptors (Lipinski definition) is 7. The van der Waals surface area contributed by atoms with Gasteiger partial charge >= 0.3 is 0 Å². The predicted octanol–water partition coefficient (Wildman–Crippen LogP) is 2.63. The molecule has 0 radical (unpaired) electrons. The molecular weight excluding hydrogens is 472 g/mol. The highest BCUT2D eigenvalue weighted by atomic mass is 16.5. The summed E-state index contributed by atoms with van der Waals surface area (Å²) in [5, 5.41) is 14.1. The van der Waals surface area contributed by atoms with Crippen molar-refractivity contribution in [2.75, 3.05) is 13.7 Å². The van der Waals surface area contributed by atoms with E-state index in [1.54, 1.807) is 32.2 Å². The molecule has 1 aliphatic carbocycles. The van der Waals surface area contributed by atoms with Crippen LogP contribution in [0.25, 0.3) is 0 Å². The summed E-state index contributed by atoms with van der Waals surface area (Å²) in [6.07, 6.45) is 0.647. The summed E-state index contributed by atoms with van der Waals surface area (Å²) in [6, 6.07) is 11.7. The topological polar surface area (TPSA) is 126 Å². The van der Waals surface area contributed by atoms with E-state index >= 15 is 0 Å². The molecule has 3 aliphatic rings. The fourth-order valence-corrected chi connectivity index (χ4v) is 5.95. The number of nitrogens with two attached hydrogens (primary N) is 1. The van der Waals surface area contributed by atoms with Gasteiger partial charge in [0.1, 0.15) is 11.8 Å². The molecule has 37 heavy (non-hydrogen) atoms. The number of ether oxygens (including phenoxy) is 2. The summed E-state index contributed by atoms with van der Waals surface area (Å²) in [6.45, 7) is 7.50. The van der Waals surface area contributed by atoms with Gasteiger partial charge < -0.3 is 25.6 Å². The number of fused-ring (bicyclic) bond motifs is 2. The lowest BCUT2D eigenvalue weighted by Gasteiger charge is -2.41. The lowest BCUT2D eigenvalue weighted by molar-refractivity contribution is -0.135. The number of aliphatic hydroxyl groups is 1. The van der Waals surface area contributed by atoms with E-state index in [-0.39, 0.29) is 30.8 Å². The van der Waals surface area contributed by atoms with Crippen molar-refractivity contribution in [3.63, 3.8) is 0 Å². The summed E-state index contributed by atoms with van der Waals surface area (Å²) in [5.41, 5.74) is 6.62. The highest BCUT2D eigenvalue weighted by Crippen LogP contribution is 2.48. The van der Waals surface area contributed by atoms with Crippen LogP contribution >= 0.6 is 0 Å². The molecule has 9 nitrogen and oxygen atoms in total. The zero-order valence-electron chi connectivity index (χ0n) is 21.9. The maximum absolute atomic E-state index is 13.5. The Hall–Kier alpha value is -3.43. The molecule has 2 amide bonds. The SMILES string of the molecule is COCC1(C)Oc2ccc(C(=O)N[C@@H]3c4ccccc4C[C@]3(C)O)cc2C1N1C(=O)CC(C)(C)N=C1N. The molecule has 2 unspecified atom stereocenters. The average Bonchev–Trinajstić information content (AvgIpc) is 3.22. The normalized spacial score (nSPS) is 29.8. The van der Waals surface area contributed by atoms with Crippen molar-refractivity contribution in [2.45, 2.75) is 69.4 Å². The highest BCUT2D eigenvalue weighted by molar-refractivity contribution is 6.00. The van der Waals surface area contributed by atoms with Crippen molar-refractivity contribution < 1.29 is 24.2 Å². The van der Waals surface area contributed by atoms with E-state index < -0.39 is 28.8 Å². The molecule has 4 N–H and O–H groups in total. The molecule has 0 aromatic heterocycles. The first-order valence-electron chi connectivity index (χ1n) is 12.5. The average molecular weight is 507 g/mol. The largest absolute Gasteiger partial charge is 0.482 e. The second kappa shape index (κ2) is 8.56. The van der Waals surface area contributed by atoms with Gasteiger partial charge in [-0.05, 0) is 57.0 Å². The van der Waals surface area contributed by atoms with E-state index in [9.17, 15) is 14.7 Å². The minimum atomic E-state index is -1.11. The van der Waals surface area contributed by atoms with Crippen molar-refractivity contribution in [1.29, 1.82) is 0 Å². The van der Waals surface area contributed by atoms with Crippen molar-refractivity contribution >= 4 is 17.8 Å². The Kier molecular flexibility index (Phi) is 5.84. The van der Waals surface area contributed by atoms with Crippen molar-refractivity contribution in [3.05, 3.63) is 64.7 Å². The summed E-state index contributed by atoms with van der Waals surface area (Å²) in [5.74, 6) is 0.148. The van der Waals surface area contributed by atoms with Crippen LogP contribution in [-0.2, 0) is 16.0 Å². The first-order chi connectivity index (χ1) is 17.3. The predicted molar refractivity (Wildman–Crippen MR) is 138 cm³/mol. The Morgan fingerprint density at radius 2 is 1.92 bits per heavy atom. The molecule has 2 aromatic carbocycles. The summed E-state index contributed by atoms with van der Waals surface area (Å²) >= 11 is 0. The standard InChI is InChI=1S/C28H34N4O5/c1-26(2)14-21(33)32(25(29)31-26)23-19-12-16(10-11-20(19)37-28(23,4)15-36-5)24(34)30-22-18-9-7-6-8-17(18)13-27(22,3)35/h6-12,22-23,35H,13-15H2,1-5H3,(H2,29,31)(H,30,34)/t22-,23?,27+,28?/m1/s1. The zero-order chi connectivity index (χ0) is 26.8. The van der Waals surface area contributed by atoms with Crippen LogP contribution in [0.2, 0.25) is 0 Å². The highest BCUT2D eigenvalue weighted by Gasteiger charge is 2.52.